The van der Waals surface area contributed by atoms with Crippen molar-refractivity contribution in [1.29, 1.82) is 0 Å². The van der Waals surface area contributed by atoms with Crippen LogP contribution in [0.1, 0.15) is 62.1 Å². The molecule has 0 atom stereocenters. The Morgan fingerprint density at radius 3 is 2.56 bits per heavy atom. The van der Waals surface area contributed by atoms with Gasteiger partial charge in [-0.25, -0.2) is 4.98 Å². The molecule has 2 aromatic carbocycles. The third-order valence-electron chi connectivity index (χ3n) is 5.97. The molecule has 1 heterocycles. The molecule has 0 saturated heterocycles. The van der Waals surface area contributed by atoms with Crippen molar-refractivity contribution in [1.82, 2.24) is 10.3 Å². The number of ether oxygens (including phenoxy) is 1. The summed E-state index contributed by atoms with van der Waals surface area (Å²) in [5, 5.41) is 12.1. The number of carboxylic acid groups (broad SMARTS) is 1. The zero-order valence-electron chi connectivity index (χ0n) is 21.4. The highest BCUT2D eigenvalue weighted by Gasteiger charge is 2.13. The van der Waals surface area contributed by atoms with Crippen LogP contribution >= 0.6 is 0 Å². The second kappa shape index (κ2) is 13.5. The average Bonchev–Trinajstić information content (AvgIpc) is 3.22. The number of nitrogens with zero attached hydrogens (tertiary/aromatic N) is 1. The molecule has 0 radical (unpaired) electrons. The summed E-state index contributed by atoms with van der Waals surface area (Å²) >= 11 is 0. The lowest BCUT2D eigenvalue weighted by Gasteiger charge is -2.13. The summed E-state index contributed by atoms with van der Waals surface area (Å²) in [5.74, 6) is 1.75. The first-order valence-electron chi connectivity index (χ1n) is 12.6. The van der Waals surface area contributed by atoms with Crippen molar-refractivity contribution >= 4 is 11.9 Å². The lowest BCUT2D eigenvalue weighted by molar-refractivity contribution is -0.137. The molecule has 7 nitrogen and oxygen atoms in total. The van der Waals surface area contributed by atoms with E-state index < -0.39 is 5.97 Å². The van der Waals surface area contributed by atoms with E-state index in [4.69, 9.17) is 14.3 Å². The summed E-state index contributed by atoms with van der Waals surface area (Å²) in [5.41, 5.74) is 3.54. The summed E-state index contributed by atoms with van der Waals surface area (Å²) in [4.78, 5) is 28.0. The van der Waals surface area contributed by atoms with E-state index >= 15 is 0 Å². The highest BCUT2D eigenvalue weighted by Crippen LogP contribution is 2.23. The lowest BCUT2D eigenvalue weighted by atomic mass is 10.0. The zero-order chi connectivity index (χ0) is 25.9. The van der Waals surface area contributed by atoms with Crippen LogP contribution < -0.4 is 10.1 Å². The fraction of sp³-hybridized carbons (Fsp3) is 0.414. The Morgan fingerprint density at radius 2 is 1.83 bits per heavy atom. The van der Waals surface area contributed by atoms with Crippen LogP contribution in [0.5, 0.6) is 5.75 Å². The molecule has 3 aromatic rings. The predicted molar refractivity (Wildman–Crippen MR) is 139 cm³/mol. The van der Waals surface area contributed by atoms with Crippen molar-refractivity contribution in [2.45, 2.75) is 65.8 Å². The molecule has 0 bridgehead atoms. The number of carboxylic acids is 1. The molecule has 0 spiro atoms. The van der Waals surface area contributed by atoms with Crippen LogP contribution in [0, 0.1) is 12.8 Å². The number of hydrogen-bond acceptors (Lipinski definition) is 5. The maximum atomic E-state index is 12.3. The summed E-state index contributed by atoms with van der Waals surface area (Å²) in [7, 11) is 0. The average molecular weight is 493 g/mol. The van der Waals surface area contributed by atoms with Gasteiger partial charge in [0.25, 0.3) is 0 Å². The number of carbonyl (C=O) groups excluding carboxylic acids is 1. The molecule has 0 unspecified atom stereocenters. The topological polar surface area (TPSA) is 102 Å². The van der Waals surface area contributed by atoms with Gasteiger partial charge in [-0.1, -0.05) is 44.5 Å². The van der Waals surface area contributed by atoms with E-state index in [0.29, 0.717) is 50.0 Å². The number of aromatic nitrogens is 1. The van der Waals surface area contributed by atoms with E-state index in [1.54, 1.807) is 0 Å². The molecular weight excluding hydrogens is 456 g/mol. The van der Waals surface area contributed by atoms with E-state index in [0.717, 1.165) is 41.0 Å². The number of nitrogens with one attached hydrogen (secondary N) is 1. The van der Waals surface area contributed by atoms with Gasteiger partial charge in [0, 0.05) is 31.4 Å². The quantitative estimate of drug-likeness (QED) is 0.298. The molecule has 0 aliphatic carbocycles. The third-order valence-corrected chi connectivity index (χ3v) is 5.97. The van der Waals surface area contributed by atoms with Gasteiger partial charge in [0.15, 0.2) is 0 Å². The Labute approximate surface area is 212 Å². The van der Waals surface area contributed by atoms with E-state index in [-0.39, 0.29) is 12.3 Å². The van der Waals surface area contributed by atoms with Crippen LogP contribution in [-0.2, 0) is 29.0 Å². The van der Waals surface area contributed by atoms with Gasteiger partial charge >= 0.3 is 5.97 Å². The number of hydrogen-bond donors (Lipinski definition) is 2. The van der Waals surface area contributed by atoms with Crippen LogP contribution in [-0.4, -0.2) is 28.6 Å². The summed E-state index contributed by atoms with van der Waals surface area (Å²) in [6.07, 6.45) is 3.37. The molecule has 0 aliphatic heterocycles. The standard InChI is InChI=1S/C29H36N2O5/c1-20(2)8-7-11-27(32)30-19-24-18-25(14-12-22(24)13-15-28(33)34)35-17-16-26-21(3)36-29(31-26)23-9-5-4-6-10-23/h4-6,9-10,12,14,18,20H,7-8,11,13,15-17,19H2,1-3H3,(H,30,32)(H,33,34). The van der Waals surface area contributed by atoms with Crippen LogP contribution in [0.25, 0.3) is 11.5 Å². The number of oxazole rings is 1. The Kier molecular flexibility index (Phi) is 10.1. The number of amides is 1. The van der Waals surface area contributed by atoms with Crippen molar-refractivity contribution in [3.63, 3.8) is 0 Å². The minimum Gasteiger partial charge on any atom is -0.493 e. The molecule has 0 aliphatic rings. The van der Waals surface area contributed by atoms with Crippen molar-refractivity contribution < 1.29 is 23.8 Å². The van der Waals surface area contributed by atoms with Gasteiger partial charge in [-0.05, 0) is 61.1 Å². The summed E-state index contributed by atoms with van der Waals surface area (Å²) in [6, 6.07) is 15.4. The third kappa shape index (κ3) is 8.56. The Bertz CT molecular complexity index is 1140. The predicted octanol–water partition coefficient (Wildman–Crippen LogP) is 5.73. The van der Waals surface area contributed by atoms with Crippen LogP contribution in [0.3, 0.4) is 0 Å². The Morgan fingerprint density at radius 1 is 1.06 bits per heavy atom. The van der Waals surface area contributed by atoms with Crippen molar-refractivity contribution in [3.8, 4) is 17.2 Å². The first-order chi connectivity index (χ1) is 17.3. The van der Waals surface area contributed by atoms with E-state index in [2.05, 4.69) is 24.1 Å². The Hall–Kier alpha value is -3.61. The van der Waals surface area contributed by atoms with Crippen LogP contribution in [0.15, 0.2) is 52.9 Å². The number of aryl methyl sites for hydroxylation is 2. The number of aliphatic carboxylic acids is 1. The maximum Gasteiger partial charge on any atom is 0.303 e. The molecular formula is C29H36N2O5. The normalized spacial score (nSPS) is 11.0. The molecule has 2 N–H and O–H groups in total. The minimum atomic E-state index is -0.850. The monoisotopic (exact) mass is 492 g/mol. The van der Waals surface area contributed by atoms with Gasteiger partial charge in [-0.2, -0.15) is 0 Å². The lowest BCUT2D eigenvalue weighted by Crippen LogP contribution is -2.23. The molecule has 192 valence electrons. The van der Waals surface area contributed by atoms with Gasteiger partial charge in [0.1, 0.15) is 11.5 Å². The molecule has 0 saturated carbocycles. The van der Waals surface area contributed by atoms with Gasteiger partial charge < -0.3 is 19.6 Å². The fourth-order valence-electron chi connectivity index (χ4n) is 3.92. The van der Waals surface area contributed by atoms with Crippen molar-refractivity contribution in [2.75, 3.05) is 6.61 Å². The second-order valence-electron chi connectivity index (χ2n) is 9.37. The van der Waals surface area contributed by atoms with Gasteiger partial charge in [-0.15, -0.1) is 0 Å². The van der Waals surface area contributed by atoms with E-state index in [1.165, 1.54) is 0 Å². The number of benzene rings is 2. The maximum absolute atomic E-state index is 12.3. The van der Waals surface area contributed by atoms with Gasteiger partial charge in [0.05, 0.1) is 12.3 Å². The molecule has 3 rings (SSSR count). The summed E-state index contributed by atoms with van der Waals surface area (Å²) < 4.78 is 11.8. The highest BCUT2D eigenvalue weighted by atomic mass is 16.5. The first kappa shape index (κ1) is 27.0. The van der Waals surface area contributed by atoms with Crippen molar-refractivity contribution in [2.24, 2.45) is 5.92 Å². The van der Waals surface area contributed by atoms with Crippen LogP contribution in [0.4, 0.5) is 0 Å². The van der Waals surface area contributed by atoms with E-state index in [9.17, 15) is 9.59 Å². The van der Waals surface area contributed by atoms with Crippen LogP contribution in [0.2, 0.25) is 0 Å². The molecule has 36 heavy (non-hydrogen) atoms. The second-order valence-corrected chi connectivity index (χ2v) is 9.37. The SMILES string of the molecule is Cc1oc(-c2ccccc2)nc1CCOc1ccc(CCC(=O)O)c(CNC(=O)CCCC(C)C)c1. The molecule has 7 heteroatoms. The molecule has 0 fully saturated rings. The smallest absolute Gasteiger partial charge is 0.303 e. The first-order valence-corrected chi connectivity index (χ1v) is 12.6. The minimum absolute atomic E-state index is 0.00174. The number of rotatable bonds is 14. The van der Waals surface area contributed by atoms with Crippen molar-refractivity contribution in [3.05, 3.63) is 71.1 Å². The molecule has 1 amide bonds. The highest BCUT2D eigenvalue weighted by molar-refractivity contribution is 5.75. The van der Waals surface area contributed by atoms with Gasteiger partial charge in [-0.3, -0.25) is 9.59 Å². The van der Waals surface area contributed by atoms with Gasteiger partial charge in [0.2, 0.25) is 11.8 Å². The number of carbonyl (C=O) groups is 2. The zero-order valence-corrected chi connectivity index (χ0v) is 21.4. The van der Waals surface area contributed by atoms with E-state index in [1.807, 2.05) is 55.5 Å². The molecule has 1 aromatic heterocycles. The largest absolute Gasteiger partial charge is 0.493 e. The summed E-state index contributed by atoms with van der Waals surface area (Å²) in [6.45, 7) is 6.94. The Balaban J connectivity index is 1.60. The fourth-order valence-corrected chi connectivity index (χ4v) is 3.92.